The topological polar surface area (TPSA) is 60.2 Å². The third-order valence-electron chi connectivity index (χ3n) is 4.37. The zero-order chi connectivity index (χ0) is 18.3. The summed E-state index contributed by atoms with van der Waals surface area (Å²) in [4.78, 5) is 22.9. The zero-order valence-corrected chi connectivity index (χ0v) is 14.2. The Hall–Kier alpha value is -3.01. The van der Waals surface area contributed by atoms with Crippen LogP contribution in [0.25, 0.3) is 6.08 Å². The van der Waals surface area contributed by atoms with Crippen molar-refractivity contribution in [2.75, 3.05) is 0 Å². The molecular weight excluding hydrogens is 314 g/mol. The summed E-state index contributed by atoms with van der Waals surface area (Å²) in [5.74, 6) is 0.0129. The fourth-order valence-electron chi connectivity index (χ4n) is 2.92. The summed E-state index contributed by atoms with van der Waals surface area (Å²) in [6.45, 7) is 5.34. The number of benzene rings is 2. The van der Waals surface area contributed by atoms with Gasteiger partial charge in [-0.15, -0.1) is 6.58 Å². The van der Waals surface area contributed by atoms with Gasteiger partial charge in [0.1, 0.15) is 5.78 Å². The van der Waals surface area contributed by atoms with Gasteiger partial charge >= 0.3 is 0 Å². The van der Waals surface area contributed by atoms with Crippen LogP contribution in [-0.4, -0.2) is 10.7 Å². The minimum atomic E-state index is -0.762. The number of hydrogen-bond acceptors (Lipinski definition) is 3. The first-order valence-electron chi connectivity index (χ1n) is 8.08. The Balaban J connectivity index is 2.36. The number of carbonyl (C=O) groups is 1. The number of carbonyl (C=O) groups excluding carboxylic acids is 1. The van der Waals surface area contributed by atoms with Gasteiger partial charge in [-0.05, 0) is 30.9 Å². The van der Waals surface area contributed by atoms with E-state index in [1.165, 1.54) is 12.1 Å². The van der Waals surface area contributed by atoms with Crippen molar-refractivity contribution in [3.63, 3.8) is 0 Å². The summed E-state index contributed by atoms with van der Waals surface area (Å²) in [6, 6.07) is 16.1. The normalized spacial score (nSPS) is 13.3. The van der Waals surface area contributed by atoms with E-state index < -0.39 is 10.3 Å². The first kappa shape index (κ1) is 18.3. The van der Waals surface area contributed by atoms with Gasteiger partial charge in [0, 0.05) is 12.1 Å². The molecule has 0 radical (unpaired) electrons. The van der Waals surface area contributed by atoms with Crippen molar-refractivity contribution in [3.8, 4) is 0 Å². The Morgan fingerprint density at radius 1 is 1.12 bits per heavy atom. The highest BCUT2D eigenvalue weighted by molar-refractivity contribution is 5.88. The van der Waals surface area contributed by atoms with Crippen molar-refractivity contribution in [3.05, 3.63) is 94.6 Å². The van der Waals surface area contributed by atoms with Gasteiger partial charge in [0.15, 0.2) is 0 Å². The molecule has 0 aliphatic heterocycles. The number of rotatable bonds is 8. The monoisotopic (exact) mass is 335 g/mol. The Morgan fingerprint density at radius 2 is 1.76 bits per heavy atom. The number of hydrogen-bond donors (Lipinski definition) is 0. The van der Waals surface area contributed by atoms with Crippen molar-refractivity contribution < 1.29 is 9.72 Å². The third kappa shape index (κ3) is 4.29. The van der Waals surface area contributed by atoms with E-state index in [0.29, 0.717) is 12.8 Å². The van der Waals surface area contributed by atoms with Crippen LogP contribution in [0.5, 0.6) is 0 Å². The molecule has 2 rings (SSSR count). The molecule has 0 bridgehead atoms. The molecule has 4 heteroatoms. The van der Waals surface area contributed by atoms with Gasteiger partial charge in [-0.25, -0.2) is 0 Å². The fraction of sp³-hybridized carbons (Fsp3) is 0.190. The van der Waals surface area contributed by atoms with Crippen LogP contribution in [-0.2, 0) is 10.2 Å². The summed E-state index contributed by atoms with van der Waals surface area (Å²) < 4.78 is 0. The van der Waals surface area contributed by atoms with E-state index in [-0.39, 0.29) is 11.5 Å². The molecule has 1 atom stereocenters. The molecule has 0 fully saturated rings. The molecule has 2 aromatic rings. The molecule has 2 aromatic carbocycles. The number of nitro groups is 1. The van der Waals surface area contributed by atoms with Crippen molar-refractivity contribution >= 4 is 17.5 Å². The highest BCUT2D eigenvalue weighted by Gasteiger charge is 2.35. The Morgan fingerprint density at radius 3 is 2.28 bits per heavy atom. The quantitative estimate of drug-likeness (QED) is 0.383. The second-order valence-electron chi connectivity index (χ2n) is 5.95. The predicted molar refractivity (Wildman–Crippen MR) is 100 cm³/mol. The first-order valence-corrected chi connectivity index (χ1v) is 8.08. The Kier molecular flexibility index (Phi) is 6.01. The summed E-state index contributed by atoms with van der Waals surface area (Å²) in [6.07, 6.45) is 6.65. The maximum absolute atomic E-state index is 12.5. The van der Waals surface area contributed by atoms with Crippen LogP contribution in [0.1, 0.15) is 30.9 Å². The van der Waals surface area contributed by atoms with Gasteiger partial charge in [-0.1, -0.05) is 60.7 Å². The molecule has 0 spiro atoms. The first-order chi connectivity index (χ1) is 12.0. The minimum Gasteiger partial charge on any atom is -0.299 e. The highest BCUT2D eigenvalue weighted by Crippen LogP contribution is 2.35. The molecule has 0 saturated heterocycles. The number of allylic oxidation sites excluding steroid dienone is 2. The Labute approximate surface area is 147 Å². The lowest BCUT2D eigenvalue weighted by molar-refractivity contribution is -0.384. The molecule has 0 aliphatic carbocycles. The molecule has 0 amide bonds. The van der Waals surface area contributed by atoms with Gasteiger partial charge in [-0.3, -0.25) is 14.9 Å². The van der Waals surface area contributed by atoms with Gasteiger partial charge in [-0.2, -0.15) is 0 Å². The van der Waals surface area contributed by atoms with Crippen LogP contribution >= 0.6 is 0 Å². The molecule has 0 saturated carbocycles. The molecule has 0 aromatic heterocycles. The molecule has 25 heavy (non-hydrogen) atoms. The number of ketones is 1. The van der Waals surface area contributed by atoms with E-state index in [1.54, 1.807) is 25.1 Å². The smallest absolute Gasteiger partial charge is 0.269 e. The van der Waals surface area contributed by atoms with E-state index >= 15 is 0 Å². The van der Waals surface area contributed by atoms with E-state index in [1.807, 2.05) is 42.5 Å². The van der Waals surface area contributed by atoms with Crippen molar-refractivity contribution in [2.24, 2.45) is 0 Å². The lowest BCUT2D eigenvalue weighted by atomic mass is 9.72. The lowest BCUT2D eigenvalue weighted by Gasteiger charge is -2.30. The maximum atomic E-state index is 12.5. The molecular formula is C21H21NO3. The fourth-order valence-corrected chi connectivity index (χ4v) is 2.92. The molecule has 0 heterocycles. The highest BCUT2D eigenvalue weighted by atomic mass is 16.6. The average molecular weight is 335 g/mol. The van der Waals surface area contributed by atoms with Crippen LogP contribution in [0, 0.1) is 10.1 Å². The molecule has 4 nitrogen and oxygen atoms in total. The standard InChI is InChI=1S/C21H21NO3/c1-3-15-21(17(2)23,16-7-10-18-8-5-4-6-9-18)19-11-13-20(14-12-19)22(24)25/h3-14H,1,15-16H2,2H3/b10-7+. The van der Waals surface area contributed by atoms with Crippen molar-refractivity contribution in [2.45, 2.75) is 25.2 Å². The maximum Gasteiger partial charge on any atom is 0.269 e. The van der Waals surface area contributed by atoms with Crippen LogP contribution in [0.2, 0.25) is 0 Å². The molecule has 1 unspecified atom stereocenters. The minimum absolute atomic E-state index is 0.0129. The molecule has 0 aliphatic rings. The number of Topliss-reactive ketones (excluding diaryl/α,β-unsaturated/α-hetero) is 1. The van der Waals surface area contributed by atoms with Crippen LogP contribution < -0.4 is 0 Å². The summed E-state index contributed by atoms with van der Waals surface area (Å²) in [5.41, 5.74) is 1.08. The van der Waals surface area contributed by atoms with Gasteiger partial charge in [0.05, 0.1) is 10.3 Å². The van der Waals surface area contributed by atoms with Crippen LogP contribution in [0.4, 0.5) is 5.69 Å². The van der Waals surface area contributed by atoms with Crippen molar-refractivity contribution in [1.82, 2.24) is 0 Å². The number of nitrogens with zero attached hydrogens (tertiary/aromatic N) is 1. The van der Waals surface area contributed by atoms with Gasteiger partial charge in [0.25, 0.3) is 5.69 Å². The zero-order valence-electron chi connectivity index (χ0n) is 14.2. The van der Waals surface area contributed by atoms with E-state index in [0.717, 1.165) is 11.1 Å². The second-order valence-corrected chi connectivity index (χ2v) is 5.95. The molecule has 128 valence electrons. The SMILES string of the molecule is C=CCC(C/C=C/c1ccccc1)(C(C)=O)c1ccc([N+](=O)[O-])cc1. The van der Waals surface area contributed by atoms with Gasteiger partial charge in [0.2, 0.25) is 0 Å². The molecule has 0 N–H and O–H groups in total. The summed E-state index contributed by atoms with van der Waals surface area (Å²) in [7, 11) is 0. The average Bonchev–Trinajstić information content (AvgIpc) is 2.61. The Bertz CT molecular complexity index is 779. The third-order valence-corrected chi connectivity index (χ3v) is 4.37. The second kappa shape index (κ2) is 8.20. The van der Waals surface area contributed by atoms with E-state index in [4.69, 9.17) is 0 Å². The number of nitro benzene ring substituents is 1. The van der Waals surface area contributed by atoms with E-state index in [2.05, 4.69) is 6.58 Å². The summed E-state index contributed by atoms with van der Waals surface area (Å²) in [5, 5.41) is 10.9. The van der Waals surface area contributed by atoms with E-state index in [9.17, 15) is 14.9 Å². The predicted octanol–water partition coefficient (Wildman–Crippen LogP) is 5.10. The van der Waals surface area contributed by atoms with Crippen LogP contribution in [0.15, 0.2) is 73.3 Å². The van der Waals surface area contributed by atoms with Crippen LogP contribution in [0.3, 0.4) is 0 Å². The lowest BCUT2D eigenvalue weighted by Crippen LogP contribution is -2.33. The largest absolute Gasteiger partial charge is 0.299 e. The number of non-ortho nitro benzene ring substituents is 1. The van der Waals surface area contributed by atoms with Crippen molar-refractivity contribution in [1.29, 1.82) is 0 Å². The van der Waals surface area contributed by atoms with Gasteiger partial charge < -0.3 is 0 Å². The summed E-state index contributed by atoms with van der Waals surface area (Å²) >= 11 is 0.